The van der Waals surface area contributed by atoms with E-state index in [9.17, 15) is 0 Å². The topological polar surface area (TPSA) is 43.2 Å². The Hall–Kier alpha value is -2.40. The van der Waals surface area contributed by atoms with Crippen molar-refractivity contribution in [1.82, 2.24) is 19.4 Å². The average Bonchev–Trinajstić information content (AvgIpc) is 3.13. The minimum Gasteiger partial charge on any atom is -0.463 e. The molecule has 0 aliphatic carbocycles. The van der Waals surface area contributed by atoms with Gasteiger partial charge >= 0.3 is 6.01 Å². The van der Waals surface area contributed by atoms with E-state index in [2.05, 4.69) is 62.9 Å². The Balaban J connectivity index is 1.42. The number of fused-ring (bicyclic) bond motifs is 1. The molecule has 1 aliphatic rings. The van der Waals surface area contributed by atoms with Crippen LogP contribution in [0.4, 0.5) is 0 Å². The molecule has 0 bridgehead atoms. The predicted octanol–water partition coefficient (Wildman–Crippen LogP) is 4.64. The van der Waals surface area contributed by atoms with Crippen molar-refractivity contribution in [3.8, 4) is 6.01 Å². The maximum absolute atomic E-state index is 5.68. The van der Waals surface area contributed by atoms with Crippen LogP contribution in [0.5, 0.6) is 6.01 Å². The first-order valence-corrected chi connectivity index (χ1v) is 10.6. The van der Waals surface area contributed by atoms with Gasteiger partial charge in [0.05, 0.1) is 6.61 Å². The highest BCUT2D eigenvalue weighted by Gasteiger charge is 2.11. The second-order valence-corrected chi connectivity index (χ2v) is 7.73. The van der Waals surface area contributed by atoms with Crippen molar-refractivity contribution in [2.45, 2.75) is 52.1 Å². The van der Waals surface area contributed by atoms with Crippen LogP contribution in [-0.4, -0.2) is 39.1 Å². The molecule has 148 valence electrons. The van der Waals surface area contributed by atoms with Crippen molar-refractivity contribution in [1.29, 1.82) is 0 Å². The van der Waals surface area contributed by atoms with Gasteiger partial charge in [0.25, 0.3) is 0 Å². The van der Waals surface area contributed by atoms with Crippen LogP contribution in [0.1, 0.15) is 50.2 Å². The Morgan fingerprint density at radius 2 is 1.71 bits per heavy atom. The number of aromatic nitrogens is 3. The number of likely N-dealkylation sites (tertiary alicyclic amines) is 1. The van der Waals surface area contributed by atoms with E-state index in [1.807, 2.05) is 6.20 Å². The molecule has 0 spiro atoms. The minimum absolute atomic E-state index is 0.470. The molecule has 1 aromatic carbocycles. The zero-order chi connectivity index (χ0) is 19.2. The molecule has 28 heavy (non-hydrogen) atoms. The number of hydrogen-bond donors (Lipinski definition) is 0. The van der Waals surface area contributed by atoms with Gasteiger partial charge in [0.1, 0.15) is 5.65 Å². The lowest BCUT2D eigenvalue weighted by atomic mass is 10.1. The van der Waals surface area contributed by atoms with Gasteiger partial charge in [0, 0.05) is 30.9 Å². The molecule has 0 atom stereocenters. The number of benzene rings is 1. The highest BCUT2D eigenvalue weighted by atomic mass is 16.5. The molecule has 0 radical (unpaired) electrons. The van der Waals surface area contributed by atoms with Crippen LogP contribution in [0.25, 0.3) is 11.0 Å². The first kappa shape index (κ1) is 18.9. The van der Waals surface area contributed by atoms with Crippen molar-refractivity contribution in [3.05, 3.63) is 53.9 Å². The lowest BCUT2D eigenvalue weighted by Crippen LogP contribution is -2.29. The lowest BCUT2D eigenvalue weighted by molar-refractivity contribution is 0.221. The van der Waals surface area contributed by atoms with Gasteiger partial charge in [0.2, 0.25) is 0 Å². The third-order valence-corrected chi connectivity index (χ3v) is 5.44. The van der Waals surface area contributed by atoms with E-state index in [1.54, 1.807) is 0 Å². The number of unbranched alkanes of at least 4 members (excludes halogenated alkanes) is 1. The summed E-state index contributed by atoms with van der Waals surface area (Å²) in [6.07, 6.45) is 10.1. The van der Waals surface area contributed by atoms with Crippen LogP contribution in [0.3, 0.4) is 0 Å². The van der Waals surface area contributed by atoms with Crippen LogP contribution in [0.2, 0.25) is 0 Å². The van der Waals surface area contributed by atoms with Gasteiger partial charge in [-0.05, 0) is 49.5 Å². The molecule has 1 saturated heterocycles. The SMILES string of the molecule is CCCCOc1ncc2ccn(Cc3ccc(CN4CCCCC4)cc3)c2n1. The van der Waals surface area contributed by atoms with E-state index in [0.717, 1.165) is 37.0 Å². The third-order valence-electron chi connectivity index (χ3n) is 5.44. The van der Waals surface area contributed by atoms with Gasteiger partial charge in [-0.25, -0.2) is 4.98 Å². The van der Waals surface area contributed by atoms with E-state index in [4.69, 9.17) is 4.74 Å². The molecule has 0 unspecified atom stereocenters. The first-order chi connectivity index (χ1) is 13.8. The lowest BCUT2D eigenvalue weighted by Gasteiger charge is -2.26. The second-order valence-electron chi connectivity index (χ2n) is 7.73. The molecular weight excluding hydrogens is 348 g/mol. The quantitative estimate of drug-likeness (QED) is 0.536. The largest absolute Gasteiger partial charge is 0.463 e. The van der Waals surface area contributed by atoms with E-state index < -0.39 is 0 Å². The molecule has 3 aromatic rings. The predicted molar refractivity (Wildman–Crippen MR) is 113 cm³/mol. The summed E-state index contributed by atoms with van der Waals surface area (Å²) in [7, 11) is 0. The fourth-order valence-corrected chi connectivity index (χ4v) is 3.78. The smallest absolute Gasteiger partial charge is 0.318 e. The summed E-state index contributed by atoms with van der Waals surface area (Å²) in [5.74, 6) is 0. The molecule has 4 rings (SSSR count). The van der Waals surface area contributed by atoms with E-state index in [1.165, 1.54) is 43.5 Å². The highest BCUT2D eigenvalue weighted by molar-refractivity contribution is 5.75. The van der Waals surface area contributed by atoms with Crippen molar-refractivity contribution in [3.63, 3.8) is 0 Å². The van der Waals surface area contributed by atoms with Crippen LogP contribution < -0.4 is 4.74 Å². The maximum Gasteiger partial charge on any atom is 0.318 e. The van der Waals surface area contributed by atoms with Gasteiger partial charge in [-0.3, -0.25) is 4.90 Å². The molecule has 1 aliphatic heterocycles. The summed E-state index contributed by atoms with van der Waals surface area (Å²) in [6.45, 7) is 7.16. The molecule has 0 N–H and O–H groups in total. The van der Waals surface area contributed by atoms with Crippen LogP contribution >= 0.6 is 0 Å². The van der Waals surface area contributed by atoms with Crippen molar-refractivity contribution < 1.29 is 4.74 Å². The molecule has 2 aromatic heterocycles. The number of ether oxygens (including phenoxy) is 1. The Morgan fingerprint density at radius 3 is 2.46 bits per heavy atom. The van der Waals surface area contributed by atoms with Gasteiger partial charge in [-0.2, -0.15) is 4.98 Å². The van der Waals surface area contributed by atoms with E-state index in [-0.39, 0.29) is 0 Å². The Kier molecular flexibility index (Phi) is 6.22. The van der Waals surface area contributed by atoms with Gasteiger partial charge in [0.15, 0.2) is 0 Å². The summed E-state index contributed by atoms with van der Waals surface area (Å²) in [5, 5.41) is 1.05. The van der Waals surface area contributed by atoms with Crippen molar-refractivity contribution in [2.75, 3.05) is 19.7 Å². The van der Waals surface area contributed by atoms with Gasteiger partial charge in [-0.15, -0.1) is 0 Å². The summed E-state index contributed by atoms with van der Waals surface area (Å²) in [5.41, 5.74) is 3.61. The summed E-state index contributed by atoms with van der Waals surface area (Å²) < 4.78 is 7.85. The molecule has 3 heterocycles. The number of piperidine rings is 1. The second kappa shape index (κ2) is 9.20. The van der Waals surface area contributed by atoms with Crippen LogP contribution in [0, 0.1) is 0 Å². The molecule has 0 amide bonds. The van der Waals surface area contributed by atoms with Crippen LogP contribution in [0.15, 0.2) is 42.7 Å². The zero-order valence-electron chi connectivity index (χ0n) is 16.8. The first-order valence-electron chi connectivity index (χ1n) is 10.6. The molecule has 5 heteroatoms. The Bertz CT molecular complexity index is 881. The van der Waals surface area contributed by atoms with Crippen LogP contribution in [-0.2, 0) is 13.1 Å². The Morgan fingerprint density at radius 1 is 0.964 bits per heavy atom. The fourth-order valence-electron chi connectivity index (χ4n) is 3.78. The monoisotopic (exact) mass is 378 g/mol. The summed E-state index contributed by atoms with van der Waals surface area (Å²) in [6, 6.07) is 11.6. The van der Waals surface area contributed by atoms with Crippen molar-refractivity contribution in [2.24, 2.45) is 0 Å². The third kappa shape index (κ3) is 4.71. The maximum atomic E-state index is 5.68. The fraction of sp³-hybridized carbons (Fsp3) is 0.478. The average molecular weight is 379 g/mol. The number of hydrogen-bond acceptors (Lipinski definition) is 4. The van der Waals surface area contributed by atoms with Gasteiger partial charge < -0.3 is 9.30 Å². The molecule has 1 fully saturated rings. The molecular formula is C23H30N4O. The molecule has 0 saturated carbocycles. The standard InChI is InChI=1S/C23H30N4O/c1-2-3-15-28-23-24-16-21-11-14-27(22(21)25-23)18-20-9-7-19(8-10-20)17-26-12-5-4-6-13-26/h7-11,14,16H,2-6,12-13,15,17-18H2,1H3. The normalized spacial score (nSPS) is 15.2. The minimum atomic E-state index is 0.470. The molecule has 5 nitrogen and oxygen atoms in total. The summed E-state index contributed by atoms with van der Waals surface area (Å²) in [4.78, 5) is 11.5. The van der Waals surface area contributed by atoms with Gasteiger partial charge in [-0.1, -0.05) is 44.0 Å². The Labute approximate surface area is 167 Å². The number of rotatable bonds is 8. The van der Waals surface area contributed by atoms with E-state index >= 15 is 0 Å². The summed E-state index contributed by atoms with van der Waals surface area (Å²) >= 11 is 0. The highest BCUT2D eigenvalue weighted by Crippen LogP contribution is 2.18. The number of nitrogens with zero attached hydrogens (tertiary/aromatic N) is 4. The zero-order valence-corrected chi connectivity index (χ0v) is 16.8. The van der Waals surface area contributed by atoms with E-state index in [0.29, 0.717) is 12.6 Å². The van der Waals surface area contributed by atoms with Crippen molar-refractivity contribution >= 4 is 11.0 Å².